The van der Waals surface area contributed by atoms with Gasteiger partial charge in [0.15, 0.2) is 11.5 Å². The van der Waals surface area contributed by atoms with Crippen molar-refractivity contribution in [2.24, 2.45) is 0 Å². The van der Waals surface area contributed by atoms with Crippen molar-refractivity contribution in [2.75, 3.05) is 62.7 Å². The molecule has 4 aliphatic rings. The van der Waals surface area contributed by atoms with Crippen LogP contribution < -0.4 is 25.0 Å². The molecule has 0 spiro atoms. The number of imide groups is 2. The second-order valence-electron chi connectivity index (χ2n) is 14.2. The van der Waals surface area contributed by atoms with Crippen LogP contribution in [0, 0.1) is 5.82 Å². The average Bonchev–Trinajstić information content (AvgIpc) is 3.49. The predicted octanol–water partition coefficient (Wildman–Crippen LogP) is 5.37. The van der Waals surface area contributed by atoms with Crippen LogP contribution in [0.4, 0.5) is 21.6 Å². The van der Waals surface area contributed by atoms with E-state index < -0.39 is 35.5 Å². The van der Waals surface area contributed by atoms with E-state index in [1.807, 2.05) is 35.5 Å². The molecule has 4 aromatic rings. The molecular formula is C42H40ClFN8O7. The summed E-state index contributed by atoms with van der Waals surface area (Å²) in [5.41, 5.74) is 2.53. The fourth-order valence-corrected chi connectivity index (χ4v) is 7.43. The smallest absolute Gasteiger partial charge is 0.262 e. The minimum Gasteiger partial charge on any atom is -0.490 e. The van der Waals surface area contributed by atoms with Crippen LogP contribution >= 0.6 is 11.6 Å². The summed E-state index contributed by atoms with van der Waals surface area (Å²) in [7, 11) is 0. The van der Waals surface area contributed by atoms with Gasteiger partial charge in [0.1, 0.15) is 36.5 Å². The lowest BCUT2D eigenvalue weighted by Gasteiger charge is -2.36. The Morgan fingerprint density at radius 3 is 2.39 bits per heavy atom. The fraction of sp³-hybridized carbons (Fsp3) is 0.286. The minimum atomic E-state index is -1.17. The number of amides is 4. The molecule has 2 N–H and O–H groups in total. The number of piperazine rings is 1. The van der Waals surface area contributed by atoms with Crippen molar-refractivity contribution < 1.29 is 37.8 Å². The topological polar surface area (TPSA) is 159 Å². The molecule has 0 bridgehead atoms. The molecule has 17 heteroatoms. The lowest BCUT2D eigenvalue weighted by molar-refractivity contribution is -0.130. The van der Waals surface area contributed by atoms with Gasteiger partial charge in [-0.25, -0.2) is 14.4 Å². The molecule has 59 heavy (non-hydrogen) atoms. The van der Waals surface area contributed by atoms with E-state index in [4.69, 9.17) is 25.8 Å². The molecule has 1 unspecified atom stereocenters. The first-order chi connectivity index (χ1) is 28.7. The van der Waals surface area contributed by atoms with Gasteiger partial charge in [-0.2, -0.15) is 0 Å². The van der Waals surface area contributed by atoms with Gasteiger partial charge in [0.05, 0.1) is 34.9 Å². The number of halogens is 2. The van der Waals surface area contributed by atoms with Crippen molar-refractivity contribution in [1.29, 1.82) is 0 Å². The van der Waals surface area contributed by atoms with Crippen LogP contribution in [0.3, 0.4) is 0 Å². The lowest BCUT2D eigenvalue weighted by Crippen LogP contribution is -2.51. The number of rotatable bonds is 15. The Bertz CT molecular complexity index is 2370. The SMILES string of the molecule is O=C1C=CC(N2C(=O)c3ccc(N4CCN(CCCCOc5cc6ncnc(Nc7ccc(F)c(Cl)c7)c6cc5OCCCN5C=COC=C5)CC4)cc3C2=O)C(=O)N1. The molecule has 1 fully saturated rings. The molecule has 0 saturated carbocycles. The number of anilines is 3. The van der Waals surface area contributed by atoms with E-state index in [1.54, 1.807) is 30.7 Å². The summed E-state index contributed by atoms with van der Waals surface area (Å²) >= 11 is 6.02. The van der Waals surface area contributed by atoms with Gasteiger partial charge < -0.3 is 29.3 Å². The Kier molecular flexibility index (Phi) is 11.7. The van der Waals surface area contributed by atoms with Gasteiger partial charge in [-0.15, -0.1) is 0 Å². The first-order valence-corrected chi connectivity index (χ1v) is 19.6. The Morgan fingerprint density at radius 1 is 0.847 bits per heavy atom. The molecule has 8 rings (SSSR count). The van der Waals surface area contributed by atoms with Gasteiger partial charge in [-0.3, -0.25) is 34.3 Å². The maximum Gasteiger partial charge on any atom is 0.262 e. The maximum absolute atomic E-state index is 13.8. The Morgan fingerprint density at radius 2 is 1.61 bits per heavy atom. The predicted molar refractivity (Wildman–Crippen MR) is 217 cm³/mol. The van der Waals surface area contributed by atoms with Crippen LogP contribution in [-0.2, 0) is 14.3 Å². The van der Waals surface area contributed by atoms with E-state index in [-0.39, 0.29) is 16.1 Å². The lowest BCUT2D eigenvalue weighted by atomic mass is 10.1. The molecule has 1 atom stereocenters. The third-order valence-corrected chi connectivity index (χ3v) is 10.6. The van der Waals surface area contributed by atoms with Crippen molar-refractivity contribution in [3.63, 3.8) is 0 Å². The summed E-state index contributed by atoms with van der Waals surface area (Å²) in [6.07, 6.45) is 13.2. The number of unbranched alkanes of at least 4 members (excludes halogenated alkanes) is 1. The van der Waals surface area contributed by atoms with Gasteiger partial charge in [-0.05, 0) is 74.3 Å². The van der Waals surface area contributed by atoms with E-state index in [0.29, 0.717) is 47.1 Å². The van der Waals surface area contributed by atoms with E-state index in [9.17, 15) is 23.6 Å². The first kappa shape index (κ1) is 39.3. The van der Waals surface area contributed by atoms with Crippen LogP contribution in [0.25, 0.3) is 10.9 Å². The van der Waals surface area contributed by atoms with Crippen molar-refractivity contribution in [1.82, 2.24) is 30.0 Å². The molecule has 3 aromatic carbocycles. The average molecular weight is 823 g/mol. The normalized spacial score (nSPS) is 17.7. The summed E-state index contributed by atoms with van der Waals surface area (Å²) in [6, 6.07) is 12.1. The van der Waals surface area contributed by atoms with Gasteiger partial charge in [0.25, 0.3) is 17.7 Å². The number of hydrogen-bond acceptors (Lipinski definition) is 13. The number of nitrogens with zero attached hydrogens (tertiary/aromatic N) is 6. The summed E-state index contributed by atoms with van der Waals surface area (Å²) in [5.74, 6) is -1.30. The third kappa shape index (κ3) is 8.83. The molecule has 304 valence electrons. The number of ether oxygens (including phenoxy) is 3. The summed E-state index contributed by atoms with van der Waals surface area (Å²) in [6.45, 7) is 5.60. The van der Waals surface area contributed by atoms with Crippen LogP contribution in [0.15, 0.2) is 91.9 Å². The second-order valence-corrected chi connectivity index (χ2v) is 14.6. The van der Waals surface area contributed by atoms with Crippen molar-refractivity contribution in [3.05, 3.63) is 114 Å². The Labute approximate surface area is 343 Å². The number of aromatic nitrogens is 2. The van der Waals surface area contributed by atoms with Gasteiger partial charge in [-0.1, -0.05) is 11.6 Å². The van der Waals surface area contributed by atoms with Crippen LogP contribution in [0.1, 0.15) is 40.0 Å². The zero-order chi connectivity index (χ0) is 40.9. The van der Waals surface area contributed by atoms with Crippen LogP contribution in [-0.4, -0.2) is 107 Å². The summed E-state index contributed by atoms with van der Waals surface area (Å²) < 4.78 is 31.5. The molecular weight excluding hydrogens is 783 g/mol. The van der Waals surface area contributed by atoms with Gasteiger partial charge >= 0.3 is 0 Å². The largest absolute Gasteiger partial charge is 0.490 e. The van der Waals surface area contributed by atoms with Gasteiger partial charge in [0.2, 0.25) is 5.91 Å². The van der Waals surface area contributed by atoms with Crippen LogP contribution in [0.2, 0.25) is 5.02 Å². The number of hydrogen-bond donors (Lipinski definition) is 2. The van der Waals surface area contributed by atoms with Gasteiger partial charge in [0, 0.05) is 74.0 Å². The molecule has 4 amide bonds. The molecule has 1 aromatic heterocycles. The highest BCUT2D eigenvalue weighted by Crippen LogP contribution is 2.36. The summed E-state index contributed by atoms with van der Waals surface area (Å²) in [5, 5.41) is 6.05. The number of nitrogens with one attached hydrogen (secondary N) is 2. The number of carbonyl (C=O) groups excluding carboxylic acids is 4. The summed E-state index contributed by atoms with van der Waals surface area (Å²) in [4.78, 5) is 66.7. The highest BCUT2D eigenvalue weighted by Gasteiger charge is 2.43. The maximum atomic E-state index is 13.8. The molecule has 15 nitrogen and oxygen atoms in total. The third-order valence-electron chi connectivity index (χ3n) is 10.4. The van der Waals surface area contributed by atoms with Crippen LogP contribution in [0.5, 0.6) is 11.5 Å². The zero-order valence-corrected chi connectivity index (χ0v) is 32.6. The number of carbonyl (C=O) groups is 4. The fourth-order valence-electron chi connectivity index (χ4n) is 7.25. The minimum absolute atomic E-state index is 0.00483. The number of benzene rings is 3. The highest BCUT2D eigenvalue weighted by molar-refractivity contribution is 6.31. The van der Waals surface area contributed by atoms with Crippen molar-refractivity contribution in [3.8, 4) is 11.5 Å². The Balaban J connectivity index is 0.851. The van der Waals surface area contributed by atoms with E-state index >= 15 is 0 Å². The molecule has 0 radical (unpaired) electrons. The molecule has 5 heterocycles. The molecule has 1 saturated heterocycles. The first-order valence-electron chi connectivity index (χ1n) is 19.2. The van der Waals surface area contributed by atoms with E-state index in [0.717, 1.165) is 75.2 Å². The van der Waals surface area contributed by atoms with E-state index in [1.165, 1.54) is 24.5 Å². The van der Waals surface area contributed by atoms with Crippen molar-refractivity contribution >= 4 is 63.3 Å². The monoisotopic (exact) mass is 822 g/mol. The number of fused-ring (bicyclic) bond motifs is 2. The van der Waals surface area contributed by atoms with Crippen molar-refractivity contribution in [2.45, 2.75) is 25.3 Å². The van der Waals surface area contributed by atoms with E-state index in [2.05, 4.69) is 30.4 Å². The highest BCUT2D eigenvalue weighted by atomic mass is 35.5. The quantitative estimate of drug-likeness (QED) is 0.117. The Hall–Kier alpha value is -6.52. The second kappa shape index (κ2) is 17.5. The molecule has 4 aliphatic heterocycles. The standard InChI is InChI=1S/C42H40ClFN8O7/c43-32-22-27(4-7-33(32)44)47-39-31-24-36(59-19-3-11-50-16-20-57-21-17-50)37(25-34(31)45-26-46-39)58-18-2-1-10-49-12-14-51(15-13-49)28-5-6-29-30(23-28)42(56)52(41(29)55)35-8-9-38(53)48-40(35)54/h4-9,16-17,20-26,35H,1-3,10-15,18-19H2,(H,45,46,47)(H,48,53,54). The zero-order valence-electron chi connectivity index (χ0n) is 31.8. The molecule has 0 aliphatic carbocycles.